The van der Waals surface area contributed by atoms with Crippen molar-refractivity contribution in [2.45, 2.75) is 145 Å². The molecule has 0 spiro atoms. The summed E-state index contributed by atoms with van der Waals surface area (Å²) >= 11 is 4.59. The van der Waals surface area contributed by atoms with Gasteiger partial charge >= 0.3 is 28.9 Å². The number of aliphatic hydroxyl groups excluding tert-OH is 4. The summed E-state index contributed by atoms with van der Waals surface area (Å²) in [5.41, 5.74) is 4.40. The zero-order valence-corrected chi connectivity index (χ0v) is 82.6. The van der Waals surface area contributed by atoms with Crippen molar-refractivity contribution in [2.75, 3.05) is 103 Å². The van der Waals surface area contributed by atoms with Gasteiger partial charge in [-0.15, -0.1) is 0 Å². The summed E-state index contributed by atoms with van der Waals surface area (Å²) in [6, 6.07) is 3.64. The molecule has 10 bridgehead atoms. The number of anilines is 3. The fourth-order valence-electron chi connectivity index (χ4n) is 14.1. The van der Waals surface area contributed by atoms with Crippen LogP contribution in [0.1, 0.15) is 45.0 Å². The molecule has 0 aliphatic carbocycles. The predicted molar refractivity (Wildman–Crippen MR) is 382 cm³/mol. The van der Waals surface area contributed by atoms with Crippen LogP contribution in [0.5, 0.6) is 0 Å². The second-order valence-corrected chi connectivity index (χ2v) is 34.1. The van der Waals surface area contributed by atoms with E-state index in [0.717, 1.165) is 26.0 Å². The Balaban J connectivity index is 0.000000200. The number of alkyl halides is 2. The number of fused-ring (bicyclic) bond motifs is 11. The summed E-state index contributed by atoms with van der Waals surface area (Å²) in [7, 11) is -11.3. The molecule has 10 saturated heterocycles. The van der Waals surface area contributed by atoms with E-state index < -0.39 is 206 Å². The van der Waals surface area contributed by atoms with Crippen molar-refractivity contribution in [3.63, 3.8) is 0 Å². The van der Waals surface area contributed by atoms with Gasteiger partial charge in [-0.1, -0.05) is 0 Å². The standard InChI is InChI=1S/C12H16N5O5PS.C12H18N3O6P.C12H17N2O7P.C11H13F2N2O7P.C10H15N4O6P.5Y/c1-23(19)21-3-12-2-20-6(7(12)24)10(22-12)17-4-14-5-8(17)15-11(13)16-9(5)18;1-11-8(16)12(5-19-11,6-20-22(2)18)21-9(11)15-4-3-7(13)14-10(15)17;1-6(21-22(2)18)12-5-19-8(9(12)16)10(20-12)14-4-3-7(15)13-11(14)17;1-23(19)20-4-10-7(17)6(21-11(10,12)13)8(22-10)15-3-2-5(16)14-9(15)18;1-21(17)19-3-10-2-18-5(6(10)15)7(20-10)14-4-12-8(11)13-9(14)16;;;;;/h4,6-7,10,23-24H,2-3H2,1H3,(H3,13,15,16,18);3-4,8-9,16,22H,5-6H2,1-2H3,(H2,13,14,17);3-4,6,8-10,16,22H,5H2,1-2H3,(H,13,15,17);2-3,6-8,17,23H,4H2,1H3,(H,14,16,18);4-7,15,21H,2-3H2,1H3,(H2,11,13,16);;;;;/t6-,7+,10-,12-;8-,9+,11+,12+;6-,8+,9-,10+,12+;6-,7+,8-,10-;5-,6+,7-,10-;;;;;/m10011...../s1. The molecule has 6 aromatic rings. The number of hydrogen-bond donors (Lipinski definition) is 11. The van der Waals surface area contributed by atoms with Crippen LogP contribution in [0.15, 0.2) is 83.0 Å². The Kier molecular flexibility index (Phi) is 36.0. The Morgan fingerprint density at radius 2 is 1.05 bits per heavy atom. The van der Waals surface area contributed by atoms with E-state index in [9.17, 15) is 85.6 Å². The van der Waals surface area contributed by atoms with Gasteiger partial charge in [0.1, 0.15) is 89.0 Å². The van der Waals surface area contributed by atoms with Crippen LogP contribution in [0, 0.1) is 0 Å². The average molecular weight is 2150 g/mol. The van der Waals surface area contributed by atoms with Gasteiger partial charge in [0.2, 0.25) is 17.5 Å². The van der Waals surface area contributed by atoms with Gasteiger partial charge in [0.05, 0.1) is 70.5 Å². The van der Waals surface area contributed by atoms with Crippen LogP contribution in [-0.2, 0) is 256 Å². The number of halogens is 2. The van der Waals surface area contributed by atoms with E-state index >= 15 is 0 Å². The van der Waals surface area contributed by atoms with Crippen LogP contribution in [0.4, 0.5) is 26.5 Å². The molecule has 6 aromatic heterocycles. The smallest absolute Gasteiger partial charge is 0.387 e. The van der Waals surface area contributed by atoms with E-state index in [0.29, 0.717) is 12.3 Å². The molecule has 5 unspecified atom stereocenters. The van der Waals surface area contributed by atoms with E-state index in [1.807, 2.05) is 4.98 Å². The first-order valence-electron chi connectivity index (χ1n) is 33.6. The number of imidazole rings is 1. The molecule has 10 fully saturated rings. The van der Waals surface area contributed by atoms with Crippen LogP contribution in [0.25, 0.3) is 11.2 Å². The predicted octanol–water partition coefficient (Wildman–Crippen LogP) is -4.14. The summed E-state index contributed by atoms with van der Waals surface area (Å²) in [6.45, 7) is 9.94. The molecule has 10 aliphatic rings. The first kappa shape index (κ1) is 103. The summed E-state index contributed by atoms with van der Waals surface area (Å²) in [6.07, 6.45) is -11.1. The fraction of sp³-hybridized carbons (Fsp3) is 0.649. The van der Waals surface area contributed by atoms with Gasteiger partial charge in [0.25, 0.3) is 16.7 Å². The third kappa shape index (κ3) is 20.4. The number of nitrogens with one attached hydrogen (secondary N) is 3. The number of rotatable bonds is 20. The Bertz CT molecular complexity index is 5160. The Hall–Kier alpha value is -1.08. The van der Waals surface area contributed by atoms with Gasteiger partial charge in [-0.25, -0.2) is 29.1 Å². The van der Waals surface area contributed by atoms with Crippen LogP contribution in [0.2, 0.25) is 0 Å². The minimum Gasteiger partial charge on any atom is -0.387 e. The van der Waals surface area contributed by atoms with Gasteiger partial charge < -0.3 is 108 Å². The van der Waals surface area contributed by atoms with Gasteiger partial charge in [-0.05, 0) is 19.9 Å². The molecule has 16 rings (SSSR count). The van der Waals surface area contributed by atoms with Crippen molar-refractivity contribution < 1.29 is 286 Å². The summed E-state index contributed by atoms with van der Waals surface area (Å²) < 4.78 is 171. The zero-order valence-electron chi connectivity index (χ0n) is 62.5. The third-order valence-electron chi connectivity index (χ3n) is 19.8. The first-order chi connectivity index (χ1) is 52.6. The number of nitrogens with two attached hydrogens (primary N) is 3. The zero-order chi connectivity index (χ0) is 81.4. The number of nitrogens with zero attached hydrogens (tertiary/aromatic N) is 10. The summed E-state index contributed by atoms with van der Waals surface area (Å²) in [5, 5.41) is 41.1. The maximum absolute atomic E-state index is 14.0. The van der Waals surface area contributed by atoms with Crippen molar-refractivity contribution in [1.82, 2.24) is 62.7 Å². The van der Waals surface area contributed by atoms with E-state index in [2.05, 4.69) is 52.3 Å². The maximum Gasteiger partial charge on any atom is 0.390 e. The van der Waals surface area contributed by atoms with E-state index in [4.69, 9.17) is 82.5 Å². The molecule has 0 aromatic carbocycles. The molecular formula is C57H79F2N16O31P5SY5. The van der Waals surface area contributed by atoms with Crippen LogP contribution in [-0.4, -0.2) is 269 Å². The van der Waals surface area contributed by atoms with Crippen molar-refractivity contribution >= 4 is 81.6 Å². The van der Waals surface area contributed by atoms with Crippen molar-refractivity contribution in [1.29, 1.82) is 0 Å². The molecule has 117 heavy (non-hydrogen) atoms. The number of aliphatic hydroxyl groups is 4. The second kappa shape index (κ2) is 40.9. The van der Waals surface area contributed by atoms with Crippen molar-refractivity contribution in [2.24, 2.45) is 0 Å². The molecule has 5 radical (unpaired) electrons. The largest absolute Gasteiger partial charge is 0.390 e. The van der Waals surface area contributed by atoms with Gasteiger partial charge in [-0.2, -0.15) is 36.4 Å². The molecular weight excluding hydrogens is 2070 g/mol. The fourth-order valence-corrected chi connectivity index (χ4v) is 17.0. The monoisotopic (exact) mass is 2150 g/mol. The minimum atomic E-state index is -3.89. The average Bonchev–Trinajstić information content (AvgIpc) is 1.54. The number of H-pyrrole nitrogens is 3. The second-order valence-electron chi connectivity index (χ2n) is 27.3. The summed E-state index contributed by atoms with van der Waals surface area (Å²) in [4.78, 5) is 107. The molecule has 633 valence electrons. The minimum absolute atomic E-state index is 0. The third-order valence-corrected chi connectivity index (χ3v) is 23.5. The molecule has 0 amide bonds. The number of nitrogen functional groups attached to an aromatic ring is 3. The number of aromatic amines is 3. The quantitative estimate of drug-likeness (QED) is 0.0255. The topological polar surface area (TPSA) is 639 Å². The molecule has 26 atom stereocenters. The molecule has 0 saturated carbocycles. The SMILES string of the molecule is C[C@H](O[PH](C)=O)[C@@]12CO[C@@H]([C@H](n3ccc(=O)[nH]c3=O)O1)[C@@H]2O.C[PH](=O)OC[C@@]12CO[C@@H]([C@H](n3cnc(N)nc3=O)O1)[C@@H]2O.C[PH](=O)OC[C@@]12CO[C@@H]([C@H](n3cnc4c(=O)[nH]c(N)nc43)O1)[C@@H]2S.C[PH](=O)OC[C@]12CO[C@](C)([C@@H]1O)[C@H](n1ccc(N)nc1=O)O2.C[PH](=O)OC[C@]12O[C@@H](n3ccc(=O)[nH]c3=O)[C@H](OC1(F)F)[C@@H]2O.[Y].[Y].[Y].[Y].[Y]. The number of aromatic nitrogens is 13. The van der Waals surface area contributed by atoms with Crippen molar-refractivity contribution in [3.05, 3.63) is 122 Å². The molecule has 16 heterocycles. The normalized spacial score (nSPS) is 34.5. The van der Waals surface area contributed by atoms with E-state index in [-0.39, 0.29) is 238 Å². The van der Waals surface area contributed by atoms with Crippen LogP contribution in [0.3, 0.4) is 0 Å². The van der Waals surface area contributed by atoms with Crippen LogP contribution < -0.4 is 56.6 Å². The van der Waals surface area contributed by atoms with Gasteiger partial charge in [-0.3, -0.25) is 75.0 Å². The maximum atomic E-state index is 14.0. The van der Waals surface area contributed by atoms with Crippen LogP contribution >= 0.6 is 52.8 Å². The van der Waals surface area contributed by atoms with E-state index in [1.54, 1.807) is 18.4 Å². The molecule has 10 aliphatic heterocycles. The van der Waals surface area contributed by atoms with Crippen molar-refractivity contribution in [3.8, 4) is 0 Å². The molecule has 13 N–H and O–H groups in total. The van der Waals surface area contributed by atoms with Gasteiger partial charge in [0, 0.05) is 228 Å². The Morgan fingerprint density at radius 3 is 1.62 bits per heavy atom. The summed E-state index contributed by atoms with van der Waals surface area (Å²) in [5.74, 6) is -0.0643. The number of ether oxygens (including phenoxy) is 10. The Labute approximate surface area is 791 Å². The molecule has 47 nitrogen and oxygen atoms in total. The number of hydrogen-bond acceptors (Lipinski definition) is 40. The Morgan fingerprint density at radius 1 is 0.556 bits per heavy atom. The van der Waals surface area contributed by atoms with E-state index in [1.165, 1.54) is 75.1 Å². The molecule has 60 heteroatoms. The number of thiol groups is 1. The van der Waals surface area contributed by atoms with Gasteiger partial charge in [0.15, 0.2) is 82.4 Å². The first-order valence-corrected chi connectivity index (χ1v) is 43.2.